The molecule has 1 aliphatic carbocycles. The van der Waals surface area contributed by atoms with Crippen LogP contribution in [0.25, 0.3) is 0 Å². The second-order valence-electron chi connectivity index (χ2n) is 7.20. The van der Waals surface area contributed by atoms with E-state index in [2.05, 4.69) is 57.8 Å². The van der Waals surface area contributed by atoms with E-state index in [4.69, 9.17) is 0 Å². The third-order valence-corrected chi connectivity index (χ3v) is 4.56. The van der Waals surface area contributed by atoms with E-state index >= 15 is 0 Å². The standard InChI is InChI=1S/C18H27NO/c1-13-6-7-16(14(2)10-13)19(5)12-15-11-18(3,4)9-8-17(15)20/h6-7,10,15H,8-9,11-12H2,1-5H3. The van der Waals surface area contributed by atoms with Crippen molar-refractivity contribution >= 4 is 11.5 Å². The fraction of sp³-hybridized carbons (Fsp3) is 0.611. The van der Waals surface area contributed by atoms with Crippen molar-refractivity contribution in [3.63, 3.8) is 0 Å². The number of nitrogens with zero attached hydrogens (tertiary/aromatic N) is 1. The van der Waals surface area contributed by atoms with Gasteiger partial charge in [-0.2, -0.15) is 0 Å². The van der Waals surface area contributed by atoms with Crippen molar-refractivity contribution < 1.29 is 4.79 Å². The number of ketones is 1. The summed E-state index contributed by atoms with van der Waals surface area (Å²) in [5, 5.41) is 0. The lowest BCUT2D eigenvalue weighted by Crippen LogP contribution is -2.37. The molecule has 0 radical (unpaired) electrons. The fourth-order valence-corrected chi connectivity index (χ4v) is 3.38. The van der Waals surface area contributed by atoms with E-state index in [0.717, 1.165) is 25.8 Å². The number of carbonyl (C=O) groups is 1. The van der Waals surface area contributed by atoms with Gasteiger partial charge in [0.1, 0.15) is 5.78 Å². The lowest BCUT2D eigenvalue weighted by atomic mass is 9.71. The van der Waals surface area contributed by atoms with Crippen LogP contribution >= 0.6 is 0 Å². The van der Waals surface area contributed by atoms with Gasteiger partial charge in [-0.1, -0.05) is 31.5 Å². The van der Waals surface area contributed by atoms with Crippen LogP contribution < -0.4 is 4.90 Å². The molecule has 2 nitrogen and oxygen atoms in total. The van der Waals surface area contributed by atoms with E-state index < -0.39 is 0 Å². The average Bonchev–Trinajstić information content (AvgIpc) is 2.33. The molecule has 1 atom stereocenters. The molecule has 1 aromatic carbocycles. The highest BCUT2D eigenvalue weighted by molar-refractivity contribution is 5.82. The van der Waals surface area contributed by atoms with Crippen molar-refractivity contribution in [3.8, 4) is 0 Å². The first-order chi connectivity index (χ1) is 9.28. The number of anilines is 1. The van der Waals surface area contributed by atoms with E-state index in [-0.39, 0.29) is 5.92 Å². The molecular weight excluding hydrogens is 246 g/mol. The van der Waals surface area contributed by atoms with Crippen LogP contribution in [0.4, 0.5) is 5.69 Å². The molecule has 0 N–H and O–H groups in total. The summed E-state index contributed by atoms with van der Waals surface area (Å²) in [4.78, 5) is 14.4. The fourth-order valence-electron chi connectivity index (χ4n) is 3.38. The van der Waals surface area contributed by atoms with Gasteiger partial charge in [-0.05, 0) is 43.7 Å². The predicted molar refractivity (Wildman–Crippen MR) is 85.3 cm³/mol. The van der Waals surface area contributed by atoms with Gasteiger partial charge in [-0.3, -0.25) is 4.79 Å². The van der Waals surface area contributed by atoms with Crippen LogP contribution in [0.1, 0.15) is 44.2 Å². The average molecular weight is 273 g/mol. The summed E-state index contributed by atoms with van der Waals surface area (Å²) in [6.45, 7) is 9.66. The van der Waals surface area contributed by atoms with Gasteiger partial charge in [0.05, 0.1) is 0 Å². The lowest BCUT2D eigenvalue weighted by Gasteiger charge is -2.36. The van der Waals surface area contributed by atoms with Crippen molar-refractivity contribution in [1.29, 1.82) is 0 Å². The van der Waals surface area contributed by atoms with E-state index in [9.17, 15) is 4.79 Å². The number of carbonyl (C=O) groups excluding carboxylic acids is 1. The smallest absolute Gasteiger partial charge is 0.137 e. The SMILES string of the molecule is Cc1ccc(N(C)CC2CC(C)(C)CCC2=O)c(C)c1. The first kappa shape index (κ1) is 15.1. The maximum atomic E-state index is 12.2. The maximum Gasteiger partial charge on any atom is 0.137 e. The van der Waals surface area contributed by atoms with Crippen molar-refractivity contribution in [2.75, 3.05) is 18.5 Å². The number of benzene rings is 1. The van der Waals surface area contributed by atoms with Crippen LogP contribution in [0.15, 0.2) is 18.2 Å². The normalized spacial score (nSPS) is 21.9. The molecule has 2 rings (SSSR count). The number of aryl methyl sites for hydroxylation is 2. The third-order valence-electron chi connectivity index (χ3n) is 4.56. The molecule has 20 heavy (non-hydrogen) atoms. The van der Waals surface area contributed by atoms with E-state index in [1.54, 1.807) is 0 Å². The molecule has 2 heteroatoms. The van der Waals surface area contributed by atoms with Crippen molar-refractivity contribution in [1.82, 2.24) is 0 Å². The monoisotopic (exact) mass is 273 g/mol. The van der Waals surface area contributed by atoms with Crippen LogP contribution in [-0.4, -0.2) is 19.4 Å². The van der Waals surface area contributed by atoms with Crippen LogP contribution in [0.5, 0.6) is 0 Å². The number of Topliss-reactive ketones (excluding diaryl/α,β-unsaturated/α-hetero) is 1. The minimum absolute atomic E-state index is 0.185. The summed E-state index contributed by atoms with van der Waals surface area (Å²) in [6.07, 6.45) is 2.80. The Balaban J connectivity index is 2.10. The van der Waals surface area contributed by atoms with Gasteiger partial charge in [0.25, 0.3) is 0 Å². The molecule has 1 aromatic rings. The predicted octanol–water partition coefficient (Wildman–Crippen LogP) is 4.14. The van der Waals surface area contributed by atoms with E-state index in [1.165, 1.54) is 16.8 Å². The Morgan fingerprint density at radius 3 is 2.65 bits per heavy atom. The Bertz CT molecular complexity index is 504. The quantitative estimate of drug-likeness (QED) is 0.825. The zero-order chi connectivity index (χ0) is 14.9. The number of hydrogen-bond acceptors (Lipinski definition) is 2. The molecule has 0 heterocycles. The molecule has 1 aliphatic rings. The van der Waals surface area contributed by atoms with Gasteiger partial charge in [0.15, 0.2) is 0 Å². The molecule has 1 saturated carbocycles. The number of rotatable bonds is 3. The zero-order valence-corrected chi connectivity index (χ0v) is 13.5. The van der Waals surface area contributed by atoms with Gasteiger partial charge in [-0.25, -0.2) is 0 Å². The topological polar surface area (TPSA) is 20.3 Å². The molecule has 0 aliphatic heterocycles. The summed E-state index contributed by atoms with van der Waals surface area (Å²) >= 11 is 0. The Morgan fingerprint density at radius 1 is 1.30 bits per heavy atom. The second kappa shape index (κ2) is 5.59. The van der Waals surface area contributed by atoms with Crippen molar-refractivity contribution in [2.45, 2.75) is 47.0 Å². The van der Waals surface area contributed by atoms with Gasteiger partial charge in [0.2, 0.25) is 0 Å². The zero-order valence-electron chi connectivity index (χ0n) is 13.5. The van der Waals surface area contributed by atoms with Crippen molar-refractivity contribution in [3.05, 3.63) is 29.3 Å². The Labute approximate surface area is 123 Å². The van der Waals surface area contributed by atoms with Crippen LogP contribution in [-0.2, 0) is 4.79 Å². The van der Waals surface area contributed by atoms with Gasteiger partial charge < -0.3 is 4.90 Å². The van der Waals surface area contributed by atoms with Crippen LogP contribution in [0.2, 0.25) is 0 Å². The van der Waals surface area contributed by atoms with Crippen LogP contribution in [0, 0.1) is 25.2 Å². The van der Waals surface area contributed by atoms with E-state index in [0.29, 0.717) is 11.2 Å². The maximum absolute atomic E-state index is 12.2. The Hall–Kier alpha value is -1.31. The lowest BCUT2D eigenvalue weighted by molar-refractivity contribution is -0.126. The van der Waals surface area contributed by atoms with Gasteiger partial charge in [0, 0.05) is 31.6 Å². The summed E-state index contributed by atoms with van der Waals surface area (Å²) in [6, 6.07) is 6.52. The summed E-state index contributed by atoms with van der Waals surface area (Å²) in [5.74, 6) is 0.630. The molecule has 0 saturated heterocycles. The summed E-state index contributed by atoms with van der Waals surface area (Å²) in [7, 11) is 2.10. The first-order valence-corrected chi connectivity index (χ1v) is 7.60. The third kappa shape index (κ3) is 3.41. The Morgan fingerprint density at radius 2 is 2.00 bits per heavy atom. The minimum Gasteiger partial charge on any atom is -0.374 e. The van der Waals surface area contributed by atoms with Crippen molar-refractivity contribution in [2.24, 2.45) is 11.3 Å². The highest BCUT2D eigenvalue weighted by Crippen LogP contribution is 2.37. The molecule has 1 fully saturated rings. The van der Waals surface area contributed by atoms with Gasteiger partial charge >= 0.3 is 0 Å². The molecular formula is C18H27NO. The highest BCUT2D eigenvalue weighted by atomic mass is 16.1. The second-order valence-corrected chi connectivity index (χ2v) is 7.20. The largest absolute Gasteiger partial charge is 0.374 e. The molecule has 0 aromatic heterocycles. The van der Waals surface area contributed by atoms with Crippen LogP contribution in [0.3, 0.4) is 0 Å². The summed E-state index contributed by atoms with van der Waals surface area (Å²) in [5.41, 5.74) is 4.12. The number of hydrogen-bond donors (Lipinski definition) is 0. The minimum atomic E-state index is 0.185. The molecule has 1 unspecified atom stereocenters. The first-order valence-electron chi connectivity index (χ1n) is 7.60. The molecule has 110 valence electrons. The summed E-state index contributed by atoms with van der Waals surface area (Å²) < 4.78 is 0. The molecule has 0 bridgehead atoms. The van der Waals surface area contributed by atoms with Gasteiger partial charge in [-0.15, -0.1) is 0 Å². The Kier molecular flexibility index (Phi) is 4.22. The van der Waals surface area contributed by atoms with E-state index in [1.807, 2.05) is 0 Å². The molecule has 0 spiro atoms. The highest BCUT2D eigenvalue weighted by Gasteiger charge is 2.34. The molecule has 0 amide bonds.